The molecule has 24 nitrogen and oxygen atoms in total. The van der Waals surface area contributed by atoms with E-state index < -0.39 is 121 Å². The first kappa shape index (κ1) is 75.8. The van der Waals surface area contributed by atoms with E-state index >= 15 is 0 Å². The zero-order chi connectivity index (χ0) is 69.3. The van der Waals surface area contributed by atoms with Crippen LogP contribution in [0.5, 0.6) is 0 Å². The number of fused-ring (bicyclic) bond motifs is 2. The van der Waals surface area contributed by atoms with Crippen molar-refractivity contribution in [2.24, 2.45) is 22.9 Å². The average Bonchev–Trinajstić information content (AvgIpc) is 1.64. The van der Waals surface area contributed by atoms with E-state index in [2.05, 4.69) is 21.3 Å². The van der Waals surface area contributed by atoms with E-state index in [1.807, 2.05) is 184 Å². The highest BCUT2D eigenvalue weighted by molar-refractivity contribution is 6.50. The summed E-state index contributed by atoms with van der Waals surface area (Å²) in [5.41, 5.74) is 17.9. The second kappa shape index (κ2) is 30.0. The maximum Gasteiger partial charge on any atom is 0.482 e. The van der Waals surface area contributed by atoms with Gasteiger partial charge in [0.15, 0.2) is 0 Å². The van der Waals surface area contributed by atoms with Gasteiger partial charge in [0.1, 0.15) is 0 Å². The highest BCUT2D eigenvalue weighted by Crippen LogP contribution is 2.41. The smallest absolute Gasteiger partial charge is 0.402 e. The van der Waals surface area contributed by atoms with Crippen LogP contribution in [0, 0.1) is 0 Å². The summed E-state index contributed by atoms with van der Waals surface area (Å²) < 4.78 is 47.3. The summed E-state index contributed by atoms with van der Waals surface area (Å²) in [5, 5.41) is 15.2. The van der Waals surface area contributed by atoms with Crippen LogP contribution in [0.15, 0.2) is 84.9 Å². The molecule has 4 saturated heterocycles. The lowest BCUT2D eigenvalue weighted by atomic mass is 9.76. The first-order valence-corrected chi connectivity index (χ1v) is 31.1. The number of carbonyl (C=O) groups excluding carboxylic acids is 8. The Morgan fingerprint density at radius 3 is 0.750 bits per heavy atom. The fraction of sp³-hybridized carbons (Fsp3) is 0.562. The lowest BCUT2D eigenvalue weighted by Crippen LogP contribution is -2.50. The second-order valence-corrected chi connectivity index (χ2v) is 27.5. The number of carbonyl (C=O) groups is 8. The van der Waals surface area contributed by atoms with E-state index in [0.717, 1.165) is 21.5 Å². The van der Waals surface area contributed by atoms with Gasteiger partial charge in [0.25, 0.3) is 11.8 Å². The molecule has 4 aliphatic rings. The van der Waals surface area contributed by atoms with Gasteiger partial charge in [-0.05, 0) is 157 Å². The highest BCUT2D eigenvalue weighted by atomic mass is 16.7. The van der Waals surface area contributed by atoms with Crippen molar-refractivity contribution in [1.29, 1.82) is 0 Å². The van der Waals surface area contributed by atoms with Gasteiger partial charge in [0.2, 0.25) is 35.4 Å². The van der Waals surface area contributed by atoms with E-state index in [1.54, 1.807) is 26.0 Å². The maximum atomic E-state index is 12.8. The summed E-state index contributed by atoms with van der Waals surface area (Å²) in [6.45, 7) is 34.1. The van der Waals surface area contributed by atoms with Crippen LogP contribution in [0.2, 0.25) is 0 Å². The number of benzene rings is 4. The summed E-state index contributed by atoms with van der Waals surface area (Å²) >= 11 is 0. The van der Waals surface area contributed by atoms with Gasteiger partial charge in [-0.25, -0.2) is 0 Å². The molecule has 500 valence electrons. The molecule has 92 heavy (non-hydrogen) atoms. The summed E-state index contributed by atoms with van der Waals surface area (Å²) in [6, 6.07) is 26.5. The molecule has 8 rings (SSSR count). The standard InChI is InChI=1S/2C20H25BN2O4.2C12H23BN2O4/c2*1-19(2)20(3,4)27-21(26-19)16(12-17(22)24)23-18(25)15-10-9-13-7-5-6-8-14(13)11-15;2*1-6-10(17)15-8(7-9(14)16)13-18-11(2,3)12(4,5)19-13/h2*5-11,16H,12H2,1-4H3,(H2,22,24)(H,23,25);2*8H,6-7H2,1-5H3,(H2,14,16)(H,15,17)/t2*16-;2*8-/m1010/s1. The topological polar surface area (TPSA) is 363 Å². The lowest BCUT2D eigenvalue weighted by molar-refractivity contribution is -0.123. The van der Waals surface area contributed by atoms with Crippen molar-refractivity contribution in [1.82, 2.24) is 21.3 Å². The molecule has 12 N–H and O–H groups in total. The van der Waals surface area contributed by atoms with Crippen LogP contribution < -0.4 is 44.2 Å². The van der Waals surface area contributed by atoms with Crippen LogP contribution in [0.3, 0.4) is 0 Å². The zero-order valence-corrected chi connectivity index (χ0v) is 56.8. The third-order valence-corrected chi connectivity index (χ3v) is 18.1. The first-order valence-electron chi connectivity index (χ1n) is 31.1. The average molecular weight is 1280 g/mol. The van der Waals surface area contributed by atoms with Gasteiger partial charge in [0.05, 0.1) is 68.6 Å². The maximum absolute atomic E-state index is 12.8. The number of primary amides is 4. The van der Waals surface area contributed by atoms with Gasteiger partial charge in [-0.3, -0.25) is 38.4 Å². The second-order valence-electron chi connectivity index (χ2n) is 27.5. The van der Waals surface area contributed by atoms with Crippen molar-refractivity contribution in [3.05, 3.63) is 96.1 Å². The van der Waals surface area contributed by atoms with Gasteiger partial charge < -0.3 is 81.4 Å². The van der Waals surface area contributed by atoms with Crippen LogP contribution in [0.25, 0.3) is 21.5 Å². The number of hydrogen-bond acceptors (Lipinski definition) is 16. The fourth-order valence-electron chi connectivity index (χ4n) is 9.72. The van der Waals surface area contributed by atoms with E-state index in [1.165, 1.54) is 0 Å². The molecular weight excluding hydrogens is 1180 g/mol. The van der Waals surface area contributed by atoms with E-state index in [9.17, 15) is 38.4 Å². The molecule has 0 saturated carbocycles. The van der Waals surface area contributed by atoms with Crippen LogP contribution in [-0.2, 0) is 66.0 Å². The van der Waals surface area contributed by atoms with Crippen molar-refractivity contribution in [2.75, 3.05) is 0 Å². The minimum Gasteiger partial charge on any atom is -0.402 e. The summed E-state index contributed by atoms with van der Waals surface area (Å²) in [4.78, 5) is 93.9. The molecule has 8 amide bonds. The molecule has 0 radical (unpaired) electrons. The monoisotopic (exact) mass is 1280 g/mol. The van der Waals surface area contributed by atoms with Crippen molar-refractivity contribution >= 4 is 97.3 Å². The van der Waals surface area contributed by atoms with Gasteiger partial charge in [-0.2, -0.15) is 0 Å². The Balaban J connectivity index is 0.000000226. The minimum atomic E-state index is -0.757. The molecule has 0 spiro atoms. The SMILES string of the molecule is CC1(C)OB([C@@H](CC(N)=O)NC(=O)c2ccc3ccccc3c2)OC1(C)C.CC1(C)OB([C@H](CC(N)=O)NC(=O)c2ccc3ccccc3c2)OC1(C)C.CCC(=O)N[C@@H](CC(N)=O)B1OC(C)(C)C(C)(C)O1.CCC(=O)N[C@H](CC(N)=O)B1OC(C)(C)C(C)(C)O1. The summed E-state index contributed by atoms with van der Waals surface area (Å²) in [5.74, 6) is -5.50. The molecular formula is C64H96B4N8O16. The van der Waals surface area contributed by atoms with Crippen LogP contribution >= 0.6 is 0 Å². The Kier molecular flexibility index (Phi) is 24.7. The molecule has 4 fully saturated rings. The number of rotatable bonds is 20. The van der Waals surface area contributed by atoms with E-state index in [0.29, 0.717) is 24.0 Å². The normalized spacial score (nSPS) is 20.3. The van der Waals surface area contributed by atoms with Gasteiger partial charge >= 0.3 is 28.5 Å². The molecule has 0 aromatic heterocycles. The molecule has 0 bridgehead atoms. The van der Waals surface area contributed by atoms with Crippen LogP contribution in [0.4, 0.5) is 0 Å². The quantitative estimate of drug-likeness (QED) is 0.0494. The van der Waals surface area contributed by atoms with E-state index in [-0.39, 0.29) is 49.3 Å². The molecule has 4 aromatic carbocycles. The molecule has 0 unspecified atom stereocenters. The molecule has 28 heteroatoms. The molecule has 4 aromatic rings. The Morgan fingerprint density at radius 2 is 0.543 bits per heavy atom. The zero-order valence-electron chi connectivity index (χ0n) is 56.8. The molecule has 4 atom stereocenters. The van der Waals surface area contributed by atoms with Gasteiger partial charge in [0, 0.05) is 49.7 Å². The number of amides is 8. The summed E-state index contributed by atoms with van der Waals surface area (Å²) in [7, 11) is -2.86. The highest BCUT2D eigenvalue weighted by Gasteiger charge is 2.58. The predicted molar refractivity (Wildman–Crippen MR) is 354 cm³/mol. The third-order valence-electron chi connectivity index (χ3n) is 18.1. The van der Waals surface area contributed by atoms with Crippen LogP contribution in [0.1, 0.15) is 184 Å². The molecule has 0 aliphatic carbocycles. The number of hydrogen-bond donors (Lipinski definition) is 8. The van der Waals surface area contributed by atoms with Gasteiger partial charge in [-0.15, -0.1) is 0 Å². The van der Waals surface area contributed by atoms with Crippen molar-refractivity contribution < 1.29 is 75.6 Å². The van der Waals surface area contributed by atoms with E-state index in [4.69, 9.17) is 60.2 Å². The number of nitrogens with one attached hydrogen (secondary N) is 4. The molecule has 4 aliphatic heterocycles. The van der Waals surface area contributed by atoms with Crippen molar-refractivity contribution in [2.45, 2.75) is 232 Å². The van der Waals surface area contributed by atoms with Crippen LogP contribution in [-0.4, -0.2) is 144 Å². The lowest BCUT2D eigenvalue weighted by Gasteiger charge is -2.32. The number of nitrogens with two attached hydrogens (primary N) is 4. The molecule has 4 heterocycles. The third kappa shape index (κ3) is 19.6. The first-order chi connectivity index (χ1) is 42.4. The minimum absolute atomic E-state index is 0.0113. The Morgan fingerprint density at radius 1 is 0.337 bits per heavy atom. The largest absolute Gasteiger partial charge is 0.482 e. The fourth-order valence-corrected chi connectivity index (χ4v) is 9.72. The Bertz CT molecular complexity index is 3050. The Labute approximate surface area is 542 Å². The predicted octanol–water partition coefficient (Wildman–Crippen LogP) is 5.67. The summed E-state index contributed by atoms with van der Waals surface area (Å²) in [6.07, 6.45) is 0.487. The van der Waals surface area contributed by atoms with Crippen molar-refractivity contribution in [3.8, 4) is 0 Å². The Hall–Kier alpha value is -6.90. The van der Waals surface area contributed by atoms with Gasteiger partial charge in [-0.1, -0.05) is 74.5 Å². The van der Waals surface area contributed by atoms with Crippen molar-refractivity contribution in [3.63, 3.8) is 0 Å².